The molecule has 0 saturated heterocycles. The maximum absolute atomic E-state index is 13.1. The molecule has 1 atom stereocenters. The first-order chi connectivity index (χ1) is 13.4. The molecule has 2 N–H and O–H groups in total. The number of benzene rings is 2. The minimum Gasteiger partial charge on any atom is -0.507 e. The number of carbonyl (C=O) groups excluding carboxylic acids is 1. The van der Waals surface area contributed by atoms with Crippen molar-refractivity contribution in [2.75, 3.05) is 6.54 Å². The van der Waals surface area contributed by atoms with Gasteiger partial charge >= 0.3 is 0 Å². The Bertz CT molecular complexity index is 1080. The van der Waals surface area contributed by atoms with E-state index in [-0.39, 0.29) is 17.7 Å². The van der Waals surface area contributed by atoms with Gasteiger partial charge in [-0.15, -0.1) is 0 Å². The molecule has 1 aliphatic rings. The van der Waals surface area contributed by atoms with E-state index >= 15 is 0 Å². The van der Waals surface area contributed by atoms with Crippen LogP contribution in [0.4, 0.5) is 0 Å². The van der Waals surface area contributed by atoms with E-state index in [9.17, 15) is 9.90 Å². The van der Waals surface area contributed by atoms with Crippen LogP contribution < -0.4 is 0 Å². The SMILES string of the molecule is CCCN1C(=O)c2[nH]nc(-c3cc(Cl)c(C)cc3O)c2C1c1cccc(Br)c1. The molecule has 0 fully saturated rings. The molecule has 4 rings (SSSR count). The molecule has 5 nitrogen and oxygen atoms in total. The molecule has 0 aliphatic carbocycles. The monoisotopic (exact) mass is 459 g/mol. The maximum Gasteiger partial charge on any atom is 0.273 e. The van der Waals surface area contributed by atoms with E-state index in [0.29, 0.717) is 28.5 Å². The minimum atomic E-state index is -0.284. The number of fused-ring (bicyclic) bond motifs is 1. The molecule has 7 heteroatoms. The van der Waals surface area contributed by atoms with Crippen molar-refractivity contribution in [2.24, 2.45) is 0 Å². The number of carbonyl (C=O) groups is 1. The fraction of sp³-hybridized carbons (Fsp3) is 0.238. The largest absolute Gasteiger partial charge is 0.507 e. The zero-order chi connectivity index (χ0) is 20.0. The summed E-state index contributed by atoms with van der Waals surface area (Å²) in [5.74, 6) is 0.00357. The molecular weight excluding hydrogens is 442 g/mol. The van der Waals surface area contributed by atoms with E-state index in [1.165, 1.54) is 0 Å². The topological polar surface area (TPSA) is 69.2 Å². The van der Waals surface area contributed by atoms with Crippen LogP contribution in [-0.4, -0.2) is 32.7 Å². The Hall–Kier alpha value is -2.31. The first kappa shape index (κ1) is 19.0. The summed E-state index contributed by atoms with van der Waals surface area (Å²) < 4.78 is 0.939. The van der Waals surface area contributed by atoms with Crippen LogP contribution in [0.3, 0.4) is 0 Å². The van der Waals surface area contributed by atoms with Gasteiger partial charge in [-0.05, 0) is 48.7 Å². The fourth-order valence-corrected chi connectivity index (χ4v) is 4.33. The normalized spacial score (nSPS) is 15.9. The molecule has 1 aliphatic heterocycles. The summed E-state index contributed by atoms with van der Waals surface area (Å²) in [7, 11) is 0. The number of nitrogens with zero attached hydrogens (tertiary/aromatic N) is 2. The molecule has 3 aromatic rings. The maximum atomic E-state index is 13.1. The number of hydrogen-bond acceptors (Lipinski definition) is 3. The Kier molecular flexibility index (Phi) is 4.93. The van der Waals surface area contributed by atoms with Crippen molar-refractivity contribution >= 4 is 33.4 Å². The van der Waals surface area contributed by atoms with E-state index in [4.69, 9.17) is 11.6 Å². The molecule has 1 aromatic heterocycles. The smallest absolute Gasteiger partial charge is 0.273 e. The second kappa shape index (κ2) is 7.26. The van der Waals surface area contributed by atoms with Gasteiger partial charge in [-0.25, -0.2) is 0 Å². The highest BCUT2D eigenvalue weighted by atomic mass is 79.9. The number of hydrogen-bond donors (Lipinski definition) is 2. The summed E-state index contributed by atoms with van der Waals surface area (Å²) in [5, 5.41) is 18.3. The minimum absolute atomic E-state index is 0.0849. The lowest BCUT2D eigenvalue weighted by Crippen LogP contribution is -2.30. The van der Waals surface area contributed by atoms with Crippen molar-refractivity contribution in [2.45, 2.75) is 26.3 Å². The van der Waals surface area contributed by atoms with E-state index in [1.807, 2.05) is 43.0 Å². The first-order valence-electron chi connectivity index (χ1n) is 9.06. The van der Waals surface area contributed by atoms with E-state index in [0.717, 1.165) is 27.6 Å². The van der Waals surface area contributed by atoms with Gasteiger partial charge in [-0.1, -0.05) is 46.6 Å². The Balaban J connectivity index is 1.94. The Morgan fingerprint density at radius 3 is 2.82 bits per heavy atom. The number of H-pyrrole nitrogens is 1. The quantitative estimate of drug-likeness (QED) is 0.543. The number of aryl methyl sites for hydroxylation is 1. The standard InChI is InChI=1S/C21H19BrClN3O2/c1-3-7-26-20(12-5-4-6-13(22)9-12)17-18(24-25-19(17)21(26)28)14-10-15(23)11(2)8-16(14)27/h4-6,8-10,20,27H,3,7H2,1-2H3,(H,24,25). The second-order valence-electron chi connectivity index (χ2n) is 6.94. The third-order valence-corrected chi connectivity index (χ3v) is 5.93. The van der Waals surface area contributed by atoms with Gasteiger partial charge in [0.05, 0.1) is 6.04 Å². The molecule has 0 saturated carbocycles. The molecule has 144 valence electrons. The van der Waals surface area contributed by atoms with Crippen molar-refractivity contribution in [1.29, 1.82) is 0 Å². The predicted molar refractivity (Wildman–Crippen MR) is 113 cm³/mol. The van der Waals surface area contributed by atoms with Crippen LogP contribution in [0.15, 0.2) is 40.9 Å². The van der Waals surface area contributed by atoms with E-state index in [2.05, 4.69) is 26.1 Å². The van der Waals surface area contributed by atoms with Crippen molar-refractivity contribution < 1.29 is 9.90 Å². The Morgan fingerprint density at radius 1 is 1.32 bits per heavy atom. The number of nitrogens with one attached hydrogen (secondary N) is 1. The third-order valence-electron chi connectivity index (χ3n) is 5.02. The van der Waals surface area contributed by atoms with Crippen LogP contribution in [0.1, 0.15) is 46.6 Å². The molecule has 0 radical (unpaired) electrons. The Labute approximate surface area is 176 Å². The van der Waals surface area contributed by atoms with Crippen molar-refractivity contribution in [1.82, 2.24) is 15.1 Å². The molecule has 2 heterocycles. The molecule has 0 bridgehead atoms. The number of halogens is 2. The van der Waals surface area contributed by atoms with Crippen LogP contribution in [0.5, 0.6) is 5.75 Å². The summed E-state index contributed by atoms with van der Waals surface area (Å²) in [6.07, 6.45) is 0.838. The van der Waals surface area contributed by atoms with Crippen LogP contribution in [0.25, 0.3) is 11.3 Å². The predicted octanol–water partition coefficient (Wildman–Crippen LogP) is 5.46. The van der Waals surface area contributed by atoms with E-state index < -0.39 is 0 Å². The molecule has 1 unspecified atom stereocenters. The van der Waals surface area contributed by atoms with Gasteiger partial charge in [-0.2, -0.15) is 5.10 Å². The van der Waals surface area contributed by atoms with Crippen LogP contribution in [0, 0.1) is 6.92 Å². The van der Waals surface area contributed by atoms with Gasteiger partial charge in [0.15, 0.2) is 0 Å². The lowest BCUT2D eigenvalue weighted by atomic mass is 9.95. The number of phenols is 1. The molecule has 0 spiro atoms. The number of rotatable bonds is 4. The summed E-state index contributed by atoms with van der Waals surface area (Å²) in [4.78, 5) is 14.9. The molecular formula is C21H19BrClN3O2. The van der Waals surface area contributed by atoms with Crippen LogP contribution in [-0.2, 0) is 0 Å². The van der Waals surface area contributed by atoms with Gasteiger partial charge < -0.3 is 10.0 Å². The fourth-order valence-electron chi connectivity index (χ4n) is 3.75. The van der Waals surface area contributed by atoms with Gasteiger partial charge in [-0.3, -0.25) is 9.89 Å². The summed E-state index contributed by atoms with van der Waals surface area (Å²) in [5.41, 5.74) is 4.06. The summed E-state index contributed by atoms with van der Waals surface area (Å²) in [6, 6.07) is 10.9. The van der Waals surface area contributed by atoms with Gasteiger partial charge in [0.2, 0.25) is 0 Å². The zero-order valence-electron chi connectivity index (χ0n) is 15.5. The van der Waals surface area contributed by atoms with E-state index in [1.54, 1.807) is 12.1 Å². The highest BCUT2D eigenvalue weighted by molar-refractivity contribution is 9.10. The third kappa shape index (κ3) is 3.01. The number of phenolic OH excluding ortho intramolecular Hbond substituents is 1. The second-order valence-corrected chi connectivity index (χ2v) is 8.26. The molecule has 2 aromatic carbocycles. The van der Waals surface area contributed by atoms with Gasteiger partial charge in [0.25, 0.3) is 5.91 Å². The van der Waals surface area contributed by atoms with Crippen molar-refractivity contribution in [3.05, 3.63) is 68.3 Å². The summed E-state index contributed by atoms with van der Waals surface area (Å²) >= 11 is 9.82. The highest BCUT2D eigenvalue weighted by Crippen LogP contribution is 2.45. The molecule has 1 amide bonds. The van der Waals surface area contributed by atoms with Gasteiger partial charge in [0.1, 0.15) is 17.1 Å². The van der Waals surface area contributed by atoms with Crippen LogP contribution in [0.2, 0.25) is 5.02 Å². The highest BCUT2D eigenvalue weighted by Gasteiger charge is 2.42. The Morgan fingerprint density at radius 2 is 2.11 bits per heavy atom. The van der Waals surface area contributed by atoms with Crippen LogP contribution >= 0.6 is 27.5 Å². The number of aromatic amines is 1. The number of aromatic hydroxyl groups is 1. The van der Waals surface area contributed by atoms with Gasteiger partial charge in [0, 0.05) is 27.2 Å². The van der Waals surface area contributed by atoms with Crippen molar-refractivity contribution in [3.63, 3.8) is 0 Å². The average Bonchev–Trinajstić information content (AvgIpc) is 3.18. The first-order valence-corrected chi connectivity index (χ1v) is 10.2. The summed E-state index contributed by atoms with van der Waals surface area (Å²) in [6.45, 7) is 4.50. The van der Waals surface area contributed by atoms with Crippen molar-refractivity contribution in [3.8, 4) is 17.0 Å². The lowest BCUT2D eigenvalue weighted by Gasteiger charge is -2.26. The number of amides is 1. The average molecular weight is 461 g/mol. The molecule has 28 heavy (non-hydrogen) atoms. The zero-order valence-corrected chi connectivity index (χ0v) is 17.8. The lowest BCUT2D eigenvalue weighted by molar-refractivity contribution is 0.0744. The number of aromatic nitrogens is 2.